The van der Waals surface area contributed by atoms with Crippen LogP contribution in [-0.2, 0) is 9.59 Å². The molecule has 0 saturated heterocycles. The van der Waals surface area contributed by atoms with Crippen molar-refractivity contribution in [2.75, 3.05) is 13.7 Å². The number of amides is 2. The molecule has 0 bridgehead atoms. The highest BCUT2D eigenvalue weighted by Crippen LogP contribution is 2.19. The third kappa shape index (κ3) is 7.48. The second kappa shape index (κ2) is 11.2. The van der Waals surface area contributed by atoms with E-state index in [2.05, 4.69) is 26.8 Å². The lowest BCUT2D eigenvalue weighted by Gasteiger charge is -2.15. The summed E-state index contributed by atoms with van der Waals surface area (Å²) in [4.78, 5) is 23.8. The van der Waals surface area contributed by atoms with E-state index in [1.165, 1.54) is 0 Å². The van der Waals surface area contributed by atoms with Crippen LogP contribution < -0.4 is 25.1 Å². The summed E-state index contributed by atoms with van der Waals surface area (Å²) in [5.74, 6) is 1.26. The molecule has 2 amide bonds. The lowest BCUT2D eigenvalue weighted by atomic mass is 10.3. The average Bonchev–Trinajstić information content (AvgIpc) is 2.69. The van der Waals surface area contributed by atoms with Crippen molar-refractivity contribution in [1.82, 2.24) is 10.9 Å². The summed E-state index contributed by atoms with van der Waals surface area (Å²) >= 11 is 3.34. The molecule has 1 atom stereocenters. The number of hydrazine groups is 1. The van der Waals surface area contributed by atoms with Crippen molar-refractivity contribution in [1.29, 1.82) is 0 Å². The molecule has 2 aromatic carbocycles. The predicted molar refractivity (Wildman–Crippen MR) is 108 cm³/mol. The van der Waals surface area contributed by atoms with E-state index in [1.54, 1.807) is 56.5 Å². The minimum Gasteiger partial charge on any atom is -0.497 e. The Morgan fingerprint density at radius 3 is 2.43 bits per heavy atom. The van der Waals surface area contributed by atoms with Crippen LogP contribution in [0, 0.1) is 0 Å². The van der Waals surface area contributed by atoms with E-state index in [9.17, 15) is 9.59 Å². The fourth-order valence-electron chi connectivity index (χ4n) is 2.19. The Hall–Kier alpha value is -2.74. The average molecular weight is 451 g/mol. The normalized spacial score (nSPS) is 11.2. The molecule has 150 valence electrons. The van der Waals surface area contributed by atoms with Gasteiger partial charge in [0.05, 0.1) is 13.7 Å². The van der Waals surface area contributed by atoms with E-state index in [0.29, 0.717) is 24.5 Å². The Bertz CT molecular complexity index is 782. The second-order valence-corrected chi connectivity index (χ2v) is 6.80. The Morgan fingerprint density at radius 2 is 1.75 bits per heavy atom. The number of halogens is 1. The molecule has 8 heteroatoms. The topological polar surface area (TPSA) is 85.9 Å². The van der Waals surface area contributed by atoms with Gasteiger partial charge in [-0.1, -0.05) is 22.0 Å². The third-order valence-electron chi connectivity index (χ3n) is 3.68. The maximum Gasteiger partial charge on any atom is 0.279 e. The van der Waals surface area contributed by atoms with Crippen LogP contribution in [0.1, 0.15) is 19.8 Å². The molecule has 1 unspecified atom stereocenters. The van der Waals surface area contributed by atoms with E-state index < -0.39 is 12.0 Å². The molecule has 0 spiro atoms. The highest BCUT2D eigenvalue weighted by Gasteiger charge is 2.15. The lowest BCUT2D eigenvalue weighted by Crippen LogP contribution is -2.47. The van der Waals surface area contributed by atoms with E-state index in [0.717, 1.165) is 10.2 Å². The zero-order valence-electron chi connectivity index (χ0n) is 15.7. The van der Waals surface area contributed by atoms with Gasteiger partial charge in [0.2, 0.25) is 5.91 Å². The molecule has 0 heterocycles. The molecule has 0 aliphatic heterocycles. The molecule has 0 fully saturated rings. The molecule has 2 aromatic rings. The van der Waals surface area contributed by atoms with Crippen molar-refractivity contribution in [3.05, 3.63) is 53.0 Å². The van der Waals surface area contributed by atoms with Crippen LogP contribution in [0.2, 0.25) is 0 Å². The van der Waals surface area contributed by atoms with Crippen LogP contribution in [-0.4, -0.2) is 31.6 Å². The number of carbonyl (C=O) groups excluding carboxylic acids is 2. The first kappa shape index (κ1) is 21.6. The predicted octanol–water partition coefficient (Wildman–Crippen LogP) is 3.23. The summed E-state index contributed by atoms with van der Waals surface area (Å²) in [6.45, 7) is 1.99. The maximum absolute atomic E-state index is 12.0. The quantitative estimate of drug-likeness (QED) is 0.452. The van der Waals surface area contributed by atoms with Gasteiger partial charge in [-0.15, -0.1) is 0 Å². The molecule has 2 N–H and O–H groups in total. The van der Waals surface area contributed by atoms with Crippen LogP contribution in [0.5, 0.6) is 17.2 Å². The number of nitrogens with one attached hydrogen (secondary N) is 2. The smallest absolute Gasteiger partial charge is 0.279 e. The van der Waals surface area contributed by atoms with E-state index in [1.807, 2.05) is 6.07 Å². The standard InChI is InChI=1S/C20H23BrN2O5/c1-14(28-18-6-3-5-15(21)13-18)20(25)23-22-19(24)7-4-12-27-17-10-8-16(26-2)9-11-17/h3,5-6,8-11,13-14H,4,7,12H2,1-2H3,(H,22,24)(H,23,25). The summed E-state index contributed by atoms with van der Waals surface area (Å²) in [7, 11) is 1.60. The SMILES string of the molecule is COc1ccc(OCCCC(=O)NNC(=O)C(C)Oc2cccc(Br)c2)cc1. The first-order valence-electron chi connectivity index (χ1n) is 8.75. The molecule has 2 rings (SSSR count). The first-order valence-corrected chi connectivity index (χ1v) is 9.55. The van der Waals surface area contributed by atoms with Gasteiger partial charge in [0.15, 0.2) is 6.10 Å². The molecule has 0 saturated carbocycles. The molecule has 0 aromatic heterocycles. The van der Waals surface area contributed by atoms with Crippen molar-refractivity contribution in [2.45, 2.75) is 25.9 Å². The molecule has 28 heavy (non-hydrogen) atoms. The van der Waals surface area contributed by atoms with E-state index in [-0.39, 0.29) is 12.3 Å². The van der Waals surface area contributed by atoms with Crippen molar-refractivity contribution in [3.63, 3.8) is 0 Å². The van der Waals surface area contributed by atoms with Gasteiger partial charge in [-0.3, -0.25) is 20.4 Å². The maximum atomic E-state index is 12.0. The highest BCUT2D eigenvalue weighted by atomic mass is 79.9. The fraction of sp³-hybridized carbons (Fsp3) is 0.300. The number of hydrogen-bond donors (Lipinski definition) is 2. The largest absolute Gasteiger partial charge is 0.497 e. The van der Waals surface area contributed by atoms with Crippen LogP contribution in [0.25, 0.3) is 0 Å². The van der Waals surface area contributed by atoms with Gasteiger partial charge in [-0.05, 0) is 55.8 Å². The van der Waals surface area contributed by atoms with Crippen molar-refractivity contribution >= 4 is 27.7 Å². The van der Waals surface area contributed by atoms with Gasteiger partial charge in [-0.25, -0.2) is 0 Å². The molecule has 0 radical (unpaired) electrons. The summed E-state index contributed by atoms with van der Waals surface area (Å²) in [6, 6.07) is 14.4. The minimum atomic E-state index is -0.756. The summed E-state index contributed by atoms with van der Waals surface area (Å²) in [6.07, 6.45) is -0.0252. The van der Waals surface area contributed by atoms with Gasteiger partial charge >= 0.3 is 0 Å². The van der Waals surface area contributed by atoms with Crippen LogP contribution >= 0.6 is 15.9 Å². The van der Waals surface area contributed by atoms with Gasteiger partial charge in [0, 0.05) is 10.9 Å². The Kier molecular flexibility index (Phi) is 8.61. The molecule has 0 aliphatic rings. The zero-order valence-corrected chi connectivity index (χ0v) is 17.3. The molecule has 0 aliphatic carbocycles. The number of hydrogen-bond acceptors (Lipinski definition) is 5. The zero-order chi connectivity index (χ0) is 20.4. The number of benzene rings is 2. The molecular weight excluding hydrogens is 428 g/mol. The third-order valence-corrected chi connectivity index (χ3v) is 4.17. The van der Waals surface area contributed by atoms with E-state index in [4.69, 9.17) is 14.2 Å². The van der Waals surface area contributed by atoms with Crippen LogP contribution in [0.3, 0.4) is 0 Å². The van der Waals surface area contributed by atoms with Gasteiger partial charge < -0.3 is 14.2 Å². The summed E-state index contributed by atoms with van der Waals surface area (Å²) in [5, 5.41) is 0. The number of rotatable bonds is 9. The Balaban J connectivity index is 1.62. The van der Waals surface area contributed by atoms with Crippen LogP contribution in [0.4, 0.5) is 0 Å². The van der Waals surface area contributed by atoms with Gasteiger partial charge in [0.25, 0.3) is 5.91 Å². The second-order valence-electron chi connectivity index (χ2n) is 5.88. The number of ether oxygens (including phenoxy) is 3. The summed E-state index contributed by atoms with van der Waals surface area (Å²) in [5.41, 5.74) is 4.73. The molecular formula is C20H23BrN2O5. The van der Waals surface area contributed by atoms with Gasteiger partial charge in [-0.2, -0.15) is 0 Å². The monoisotopic (exact) mass is 450 g/mol. The number of carbonyl (C=O) groups is 2. The first-order chi connectivity index (χ1) is 13.5. The lowest BCUT2D eigenvalue weighted by molar-refractivity contribution is -0.132. The fourth-order valence-corrected chi connectivity index (χ4v) is 2.57. The van der Waals surface area contributed by atoms with Crippen LogP contribution in [0.15, 0.2) is 53.0 Å². The summed E-state index contributed by atoms with van der Waals surface area (Å²) < 4.78 is 17.0. The van der Waals surface area contributed by atoms with E-state index >= 15 is 0 Å². The number of methoxy groups -OCH3 is 1. The van der Waals surface area contributed by atoms with Crippen molar-refractivity contribution < 1.29 is 23.8 Å². The minimum absolute atomic E-state index is 0.220. The Labute approximate surface area is 172 Å². The molecule has 7 nitrogen and oxygen atoms in total. The Morgan fingerprint density at radius 1 is 1.04 bits per heavy atom. The van der Waals surface area contributed by atoms with Crippen molar-refractivity contribution in [3.8, 4) is 17.2 Å². The van der Waals surface area contributed by atoms with Gasteiger partial charge in [0.1, 0.15) is 17.2 Å². The van der Waals surface area contributed by atoms with Crippen molar-refractivity contribution in [2.24, 2.45) is 0 Å². The highest BCUT2D eigenvalue weighted by molar-refractivity contribution is 9.10.